The van der Waals surface area contributed by atoms with Crippen molar-refractivity contribution in [3.05, 3.63) is 59.4 Å². The molecule has 4 aliphatic rings. The third-order valence-corrected chi connectivity index (χ3v) is 11.1. The monoisotopic (exact) mass is 587 g/mol. The number of nitrogens with zero attached hydrogens (tertiary/aromatic N) is 2. The molecule has 2 N–H and O–H groups in total. The first kappa shape index (κ1) is 30.1. The number of methoxy groups -OCH3 is 1. The molecule has 7 heteroatoms. The van der Waals surface area contributed by atoms with Crippen LogP contribution in [0.4, 0.5) is 0 Å². The molecule has 7 atom stereocenters. The van der Waals surface area contributed by atoms with Gasteiger partial charge in [-0.05, 0) is 61.0 Å². The minimum atomic E-state index is -0.922. The van der Waals surface area contributed by atoms with Gasteiger partial charge < -0.3 is 20.1 Å². The van der Waals surface area contributed by atoms with Crippen molar-refractivity contribution in [3.8, 4) is 5.75 Å². The number of carbonyl (C=O) groups is 2. The van der Waals surface area contributed by atoms with Gasteiger partial charge >= 0.3 is 5.97 Å². The molecule has 1 aromatic heterocycles. The van der Waals surface area contributed by atoms with E-state index in [9.17, 15) is 14.7 Å². The summed E-state index contributed by atoms with van der Waals surface area (Å²) in [5.41, 5.74) is 2.80. The molecule has 1 aromatic carbocycles. The smallest absolute Gasteiger partial charge is 0.326 e. The molecule has 232 valence electrons. The number of carbonyl (C=O) groups excluding carboxylic acids is 1. The van der Waals surface area contributed by atoms with Crippen LogP contribution in [0.5, 0.6) is 5.75 Å². The van der Waals surface area contributed by atoms with Crippen molar-refractivity contribution in [1.29, 1.82) is 0 Å². The van der Waals surface area contributed by atoms with Gasteiger partial charge in [0.05, 0.1) is 19.3 Å². The summed E-state index contributed by atoms with van der Waals surface area (Å²) in [6, 6.07) is 10.7. The minimum absolute atomic E-state index is 0.000401. The van der Waals surface area contributed by atoms with Crippen molar-refractivity contribution in [2.75, 3.05) is 7.11 Å². The first-order valence-electron chi connectivity index (χ1n) is 16.5. The van der Waals surface area contributed by atoms with Crippen LogP contribution in [0.25, 0.3) is 0 Å². The summed E-state index contributed by atoms with van der Waals surface area (Å²) in [5, 5.41) is 14.6. The molecule has 0 radical (unpaired) electrons. The second-order valence-corrected chi connectivity index (χ2v) is 14.7. The van der Waals surface area contributed by atoms with E-state index in [-0.39, 0.29) is 35.2 Å². The topological polar surface area (TPSA) is 91.8 Å². The average molecular weight is 588 g/mol. The summed E-state index contributed by atoms with van der Waals surface area (Å²) in [6.07, 6.45) is 11.9. The third kappa shape index (κ3) is 5.82. The number of aliphatic carboxylic acids is 1. The summed E-state index contributed by atoms with van der Waals surface area (Å²) in [7, 11) is 1.68. The third-order valence-electron chi connectivity index (χ3n) is 11.1. The summed E-state index contributed by atoms with van der Waals surface area (Å²) in [5.74, 6) is 1.46. The van der Waals surface area contributed by atoms with Crippen LogP contribution in [0.1, 0.15) is 107 Å². The van der Waals surface area contributed by atoms with Crippen molar-refractivity contribution in [1.82, 2.24) is 15.2 Å². The Morgan fingerprint density at radius 3 is 2.40 bits per heavy atom. The molecule has 2 bridgehead atoms. The predicted octanol–water partition coefficient (Wildman–Crippen LogP) is 6.73. The van der Waals surface area contributed by atoms with Crippen LogP contribution in [0.3, 0.4) is 0 Å². The number of aromatic nitrogens is 1. The number of ether oxygens (including phenoxy) is 1. The van der Waals surface area contributed by atoms with Crippen molar-refractivity contribution < 1.29 is 19.4 Å². The van der Waals surface area contributed by atoms with Crippen molar-refractivity contribution in [3.63, 3.8) is 0 Å². The zero-order chi connectivity index (χ0) is 30.3. The standard InChI is InChI=1S/C36H49N3O4/c1-36(2,3)30-31(38-20-26-19-28(37-21-29(26)43-4)27-18-22-15-16-25(27)17-22)32(23-11-7-5-8-12-23)39(33(30)35(41)42)34(40)24-13-9-6-10-14-24/h5,7-8,11-12,19,21-22,24-25,27,30-33,38H,6,9-10,13-18,20H2,1-4H3,(H,41,42)/t22?,25?,27?,30-,31-,32-,33-/m0/s1. The molecular formula is C36H49N3O4. The molecule has 3 aliphatic carbocycles. The maximum absolute atomic E-state index is 14.4. The average Bonchev–Trinajstić information content (AvgIpc) is 3.73. The first-order valence-corrected chi connectivity index (χ1v) is 16.5. The van der Waals surface area contributed by atoms with Crippen LogP contribution >= 0.6 is 0 Å². The Kier molecular flexibility index (Phi) is 8.56. The lowest BCUT2D eigenvalue weighted by molar-refractivity contribution is -0.154. The largest absolute Gasteiger partial charge is 0.495 e. The number of rotatable bonds is 8. The zero-order valence-electron chi connectivity index (χ0n) is 26.3. The van der Waals surface area contributed by atoms with Crippen molar-refractivity contribution in [2.24, 2.45) is 29.1 Å². The lowest BCUT2D eigenvalue weighted by Gasteiger charge is -2.36. The first-order chi connectivity index (χ1) is 20.7. The van der Waals surface area contributed by atoms with Gasteiger partial charge in [-0.15, -0.1) is 0 Å². The van der Waals surface area contributed by atoms with Gasteiger partial charge in [-0.1, -0.05) is 76.8 Å². The zero-order valence-corrected chi connectivity index (χ0v) is 26.3. The number of benzene rings is 1. The van der Waals surface area contributed by atoms with E-state index in [0.717, 1.165) is 66.5 Å². The quantitative estimate of drug-likeness (QED) is 0.356. The summed E-state index contributed by atoms with van der Waals surface area (Å²) in [4.78, 5) is 34.1. The fourth-order valence-corrected chi connectivity index (χ4v) is 9.15. The molecule has 2 heterocycles. The lowest BCUT2D eigenvalue weighted by Crippen LogP contribution is -2.49. The number of fused-ring (bicyclic) bond motifs is 2. The highest BCUT2D eigenvalue weighted by Crippen LogP contribution is 2.53. The number of hydrogen-bond acceptors (Lipinski definition) is 5. The number of pyridine rings is 1. The van der Waals surface area contributed by atoms with Crippen LogP contribution in [-0.4, -0.2) is 46.1 Å². The lowest BCUT2D eigenvalue weighted by atomic mass is 9.72. The van der Waals surface area contributed by atoms with E-state index in [1.165, 1.54) is 25.7 Å². The highest BCUT2D eigenvalue weighted by Gasteiger charge is 2.58. The van der Waals surface area contributed by atoms with Crippen LogP contribution in [0.2, 0.25) is 0 Å². The molecule has 1 aliphatic heterocycles. The van der Waals surface area contributed by atoms with Gasteiger partial charge in [0.2, 0.25) is 5.91 Å². The molecular weight excluding hydrogens is 538 g/mol. The van der Waals surface area contributed by atoms with Crippen LogP contribution < -0.4 is 10.1 Å². The predicted molar refractivity (Wildman–Crippen MR) is 167 cm³/mol. The van der Waals surface area contributed by atoms with Crippen LogP contribution in [-0.2, 0) is 16.1 Å². The van der Waals surface area contributed by atoms with Gasteiger partial charge in [0, 0.05) is 41.6 Å². The molecule has 43 heavy (non-hydrogen) atoms. The Labute approximate surface area is 256 Å². The normalized spacial score (nSPS) is 31.0. The van der Waals surface area contributed by atoms with E-state index < -0.39 is 12.0 Å². The second kappa shape index (κ2) is 12.2. The van der Waals surface area contributed by atoms with Gasteiger partial charge in [0.1, 0.15) is 11.8 Å². The fraction of sp³-hybridized carbons (Fsp3) is 0.639. The molecule has 1 amide bonds. The Hall–Kier alpha value is -2.93. The number of hydrogen-bond donors (Lipinski definition) is 2. The SMILES string of the molecule is COc1cnc(C2CC3CCC2C3)cc1CN[C@H]1[C@H](C(C)(C)C)[C@@H](C(=O)O)N(C(=O)C2CCCCC2)[C@H]1c1ccccc1. The van der Waals surface area contributed by atoms with Gasteiger partial charge in [-0.25, -0.2) is 4.79 Å². The van der Waals surface area contributed by atoms with E-state index in [2.05, 4.69) is 32.2 Å². The Morgan fingerprint density at radius 1 is 1.05 bits per heavy atom. The Morgan fingerprint density at radius 2 is 1.79 bits per heavy atom. The van der Waals surface area contributed by atoms with E-state index in [1.54, 1.807) is 12.0 Å². The Balaban J connectivity index is 1.37. The summed E-state index contributed by atoms with van der Waals surface area (Å²) in [6.45, 7) is 6.84. The summed E-state index contributed by atoms with van der Waals surface area (Å²) >= 11 is 0. The molecule has 1 saturated heterocycles. The number of amides is 1. The van der Waals surface area contributed by atoms with E-state index in [1.807, 2.05) is 36.5 Å². The molecule has 3 unspecified atom stereocenters. The maximum Gasteiger partial charge on any atom is 0.326 e. The summed E-state index contributed by atoms with van der Waals surface area (Å²) < 4.78 is 5.78. The highest BCUT2D eigenvalue weighted by molar-refractivity contribution is 5.87. The molecule has 4 fully saturated rings. The molecule has 7 nitrogen and oxygen atoms in total. The maximum atomic E-state index is 14.4. The van der Waals surface area contributed by atoms with E-state index in [0.29, 0.717) is 12.5 Å². The van der Waals surface area contributed by atoms with Crippen LogP contribution in [0, 0.1) is 29.1 Å². The molecule has 6 rings (SSSR count). The minimum Gasteiger partial charge on any atom is -0.495 e. The second-order valence-electron chi connectivity index (χ2n) is 14.7. The van der Waals surface area contributed by atoms with Gasteiger partial charge in [0.15, 0.2) is 0 Å². The number of nitrogens with one attached hydrogen (secondary N) is 1. The number of likely N-dealkylation sites (tertiary alicyclic amines) is 1. The van der Waals surface area contributed by atoms with Gasteiger partial charge in [-0.3, -0.25) is 9.78 Å². The molecule has 2 aromatic rings. The Bertz CT molecular complexity index is 1300. The van der Waals surface area contributed by atoms with Crippen molar-refractivity contribution >= 4 is 11.9 Å². The van der Waals surface area contributed by atoms with Gasteiger partial charge in [0.25, 0.3) is 0 Å². The molecule has 3 saturated carbocycles. The molecule has 0 spiro atoms. The number of carboxylic acid groups (broad SMARTS) is 1. The van der Waals surface area contributed by atoms with Gasteiger partial charge in [-0.2, -0.15) is 0 Å². The van der Waals surface area contributed by atoms with Crippen molar-refractivity contribution in [2.45, 2.75) is 109 Å². The van der Waals surface area contributed by atoms with Crippen LogP contribution in [0.15, 0.2) is 42.6 Å². The highest BCUT2D eigenvalue weighted by atomic mass is 16.5. The van der Waals surface area contributed by atoms with E-state index in [4.69, 9.17) is 9.72 Å². The van der Waals surface area contributed by atoms with E-state index >= 15 is 0 Å². The number of carboxylic acids is 1. The fourth-order valence-electron chi connectivity index (χ4n) is 9.15.